The van der Waals surface area contributed by atoms with Crippen molar-refractivity contribution >= 4 is 40.0 Å². The first kappa shape index (κ1) is 18.9. The Labute approximate surface area is 168 Å². The normalized spacial score (nSPS) is 14.9. The fraction of sp³-hybridized carbons (Fsp3) is 0.333. The maximum Gasteiger partial charge on any atom is 0.229 e. The van der Waals surface area contributed by atoms with Gasteiger partial charge in [-0.3, -0.25) is 0 Å². The summed E-state index contributed by atoms with van der Waals surface area (Å²) in [6.07, 6.45) is 2.50. The Hall–Kier alpha value is -2.44. The molecule has 3 aromatic rings. The molecule has 0 saturated heterocycles. The summed E-state index contributed by atoms with van der Waals surface area (Å²) in [4.78, 5) is 9.44. The molecule has 0 amide bonds. The van der Waals surface area contributed by atoms with Crippen molar-refractivity contribution in [3.05, 3.63) is 52.8 Å². The van der Waals surface area contributed by atoms with Gasteiger partial charge in [0.1, 0.15) is 11.6 Å². The van der Waals surface area contributed by atoms with Gasteiger partial charge in [0, 0.05) is 23.7 Å². The number of nitrogens with zero attached hydrogens (tertiary/aromatic N) is 2. The van der Waals surface area contributed by atoms with E-state index >= 15 is 0 Å². The lowest BCUT2D eigenvalue weighted by atomic mass is 10.1. The second-order valence-corrected chi connectivity index (χ2v) is 7.67. The van der Waals surface area contributed by atoms with Crippen LogP contribution in [-0.4, -0.2) is 23.1 Å². The van der Waals surface area contributed by atoms with Crippen LogP contribution in [0.2, 0.25) is 5.02 Å². The van der Waals surface area contributed by atoms with Crippen LogP contribution in [0.3, 0.4) is 0 Å². The van der Waals surface area contributed by atoms with E-state index in [9.17, 15) is 4.39 Å². The van der Waals surface area contributed by atoms with Gasteiger partial charge < -0.3 is 16.0 Å². The summed E-state index contributed by atoms with van der Waals surface area (Å²) in [6.45, 7) is 2.89. The highest BCUT2D eigenvalue weighted by Gasteiger charge is 2.28. The van der Waals surface area contributed by atoms with Crippen molar-refractivity contribution in [1.82, 2.24) is 15.3 Å². The molecule has 0 aliphatic heterocycles. The Morgan fingerprint density at radius 2 is 2.04 bits per heavy atom. The summed E-state index contributed by atoms with van der Waals surface area (Å²) in [7, 11) is 1.91. The average molecular weight is 400 g/mol. The Bertz CT molecular complexity index is 1010. The second kappa shape index (κ2) is 7.89. The molecule has 1 saturated carbocycles. The monoisotopic (exact) mass is 399 g/mol. The molecular formula is C21H23ClFN5. The maximum absolute atomic E-state index is 13.5. The Morgan fingerprint density at radius 3 is 2.75 bits per heavy atom. The lowest BCUT2D eigenvalue weighted by Crippen LogP contribution is -2.19. The van der Waals surface area contributed by atoms with Crippen LogP contribution in [0.1, 0.15) is 25.3 Å². The molecule has 28 heavy (non-hydrogen) atoms. The topological polar surface area (TPSA) is 61.9 Å². The fourth-order valence-corrected chi connectivity index (χ4v) is 3.52. The molecule has 1 aliphatic rings. The van der Waals surface area contributed by atoms with Crippen LogP contribution in [0.25, 0.3) is 10.9 Å². The Kier molecular flexibility index (Phi) is 5.33. The predicted octanol–water partition coefficient (Wildman–Crippen LogP) is 5.10. The van der Waals surface area contributed by atoms with E-state index in [-0.39, 0.29) is 5.02 Å². The molecule has 0 bridgehead atoms. The summed E-state index contributed by atoms with van der Waals surface area (Å²) < 4.78 is 13.5. The number of para-hydroxylation sites is 1. The van der Waals surface area contributed by atoms with Gasteiger partial charge in [0.15, 0.2) is 0 Å². The summed E-state index contributed by atoms with van der Waals surface area (Å²) in [5.41, 5.74) is 2.61. The minimum atomic E-state index is -0.455. The molecule has 0 unspecified atom stereocenters. The van der Waals surface area contributed by atoms with E-state index in [1.807, 2.05) is 19.2 Å². The summed E-state index contributed by atoms with van der Waals surface area (Å²) in [5.74, 6) is 1.49. The van der Waals surface area contributed by atoms with Gasteiger partial charge >= 0.3 is 0 Å². The largest absolute Gasteiger partial charge is 0.367 e. The number of hydrogen-bond donors (Lipinski definition) is 3. The lowest BCUT2D eigenvalue weighted by molar-refractivity contribution is 0.628. The highest BCUT2D eigenvalue weighted by atomic mass is 35.5. The van der Waals surface area contributed by atoms with Crippen molar-refractivity contribution < 1.29 is 4.39 Å². The Morgan fingerprint density at radius 1 is 1.21 bits per heavy atom. The van der Waals surface area contributed by atoms with Crippen LogP contribution >= 0.6 is 11.6 Å². The Balaban J connectivity index is 1.76. The molecule has 1 fully saturated rings. The molecule has 1 aliphatic carbocycles. The van der Waals surface area contributed by atoms with Gasteiger partial charge in [-0.05, 0) is 62.6 Å². The molecule has 0 radical (unpaired) electrons. The van der Waals surface area contributed by atoms with E-state index in [1.165, 1.54) is 25.0 Å². The quantitative estimate of drug-likeness (QED) is 0.516. The second-order valence-electron chi connectivity index (χ2n) is 7.26. The van der Waals surface area contributed by atoms with Gasteiger partial charge in [0.2, 0.25) is 5.95 Å². The van der Waals surface area contributed by atoms with Crippen molar-refractivity contribution in [2.45, 2.75) is 32.4 Å². The fourth-order valence-electron chi connectivity index (χ4n) is 3.34. The third-order valence-corrected chi connectivity index (χ3v) is 5.34. The number of nitrogens with one attached hydrogen (secondary N) is 3. The van der Waals surface area contributed by atoms with E-state index in [2.05, 4.69) is 28.9 Å². The number of benzene rings is 2. The van der Waals surface area contributed by atoms with Crippen molar-refractivity contribution in [3.8, 4) is 0 Å². The van der Waals surface area contributed by atoms with Crippen LogP contribution in [-0.2, 0) is 6.54 Å². The van der Waals surface area contributed by atoms with Gasteiger partial charge in [-0.2, -0.15) is 4.98 Å². The number of aromatic nitrogens is 2. The molecule has 7 heteroatoms. The molecule has 0 spiro atoms. The third kappa shape index (κ3) is 4.03. The van der Waals surface area contributed by atoms with Gasteiger partial charge in [0.25, 0.3) is 0 Å². The highest BCUT2D eigenvalue weighted by molar-refractivity contribution is 6.31. The SMILES string of the molecule is CNCc1cccc2c(N[C@H](C)C3CC3)nc(Nc3ccc(F)c(Cl)c3)nc12. The standard InChI is InChI=1S/C21H23ClFN5/c1-12(13-6-7-13)25-20-16-5-3-4-14(11-24-2)19(16)27-21(28-20)26-15-8-9-18(23)17(22)10-15/h3-5,8-10,12-13,24H,6-7,11H2,1-2H3,(H2,25,26,27,28)/t12-/m1/s1. The van der Waals surface area contributed by atoms with Crippen LogP contribution in [0, 0.1) is 11.7 Å². The van der Waals surface area contributed by atoms with Crippen LogP contribution in [0.5, 0.6) is 0 Å². The van der Waals surface area contributed by atoms with Crippen LogP contribution < -0.4 is 16.0 Å². The number of rotatable bonds is 7. The summed E-state index contributed by atoms with van der Waals surface area (Å²) >= 11 is 5.91. The van der Waals surface area contributed by atoms with Crippen molar-refractivity contribution in [3.63, 3.8) is 0 Å². The van der Waals surface area contributed by atoms with Crippen molar-refractivity contribution in [1.29, 1.82) is 0 Å². The minimum Gasteiger partial charge on any atom is -0.367 e. The van der Waals surface area contributed by atoms with Crippen molar-refractivity contribution in [2.75, 3.05) is 17.7 Å². The molecule has 3 N–H and O–H groups in total. The minimum absolute atomic E-state index is 0.0577. The number of anilines is 3. The van der Waals surface area contributed by atoms with Crippen molar-refractivity contribution in [2.24, 2.45) is 5.92 Å². The summed E-state index contributed by atoms with van der Waals surface area (Å²) in [5, 5.41) is 11.0. The zero-order valence-corrected chi connectivity index (χ0v) is 16.6. The van der Waals surface area contributed by atoms with Gasteiger partial charge in [-0.25, -0.2) is 9.37 Å². The van der Waals surface area contributed by atoms with E-state index in [1.54, 1.807) is 6.07 Å². The first-order chi connectivity index (χ1) is 13.5. The maximum atomic E-state index is 13.5. The van der Waals surface area contributed by atoms with Gasteiger partial charge in [-0.15, -0.1) is 0 Å². The first-order valence-electron chi connectivity index (χ1n) is 9.48. The first-order valence-corrected chi connectivity index (χ1v) is 9.86. The van der Waals surface area contributed by atoms with Gasteiger partial charge in [0.05, 0.1) is 10.5 Å². The lowest BCUT2D eigenvalue weighted by Gasteiger charge is -2.18. The van der Waals surface area contributed by atoms with Gasteiger partial charge in [-0.1, -0.05) is 23.7 Å². The predicted molar refractivity (Wildman–Crippen MR) is 113 cm³/mol. The molecule has 1 heterocycles. The van der Waals surface area contributed by atoms with E-state index < -0.39 is 5.82 Å². The third-order valence-electron chi connectivity index (χ3n) is 5.05. The van der Waals surface area contributed by atoms with Crippen LogP contribution in [0.4, 0.5) is 21.8 Å². The highest BCUT2D eigenvalue weighted by Crippen LogP contribution is 2.35. The molecule has 2 aromatic carbocycles. The molecule has 1 aromatic heterocycles. The molecule has 4 rings (SSSR count). The van der Waals surface area contributed by atoms with E-state index in [0.29, 0.717) is 30.1 Å². The van der Waals surface area contributed by atoms with E-state index in [4.69, 9.17) is 21.6 Å². The zero-order chi connectivity index (χ0) is 19.7. The number of hydrogen-bond acceptors (Lipinski definition) is 5. The van der Waals surface area contributed by atoms with E-state index in [0.717, 1.165) is 22.3 Å². The summed E-state index contributed by atoms with van der Waals surface area (Å²) in [6, 6.07) is 10.9. The van der Waals surface area contributed by atoms with Crippen LogP contribution in [0.15, 0.2) is 36.4 Å². The molecule has 146 valence electrons. The number of halogens is 2. The number of fused-ring (bicyclic) bond motifs is 1. The smallest absolute Gasteiger partial charge is 0.229 e. The molecule has 5 nitrogen and oxygen atoms in total. The molecular weight excluding hydrogens is 377 g/mol. The average Bonchev–Trinajstić information content (AvgIpc) is 3.51. The zero-order valence-electron chi connectivity index (χ0n) is 15.9. The molecule has 1 atom stereocenters.